The molecule has 2 aliphatic rings. The van der Waals surface area contributed by atoms with Crippen LogP contribution in [0.5, 0.6) is 0 Å². The van der Waals surface area contributed by atoms with Crippen LogP contribution in [0.4, 0.5) is 0 Å². The van der Waals surface area contributed by atoms with Crippen molar-refractivity contribution in [3.63, 3.8) is 0 Å². The summed E-state index contributed by atoms with van der Waals surface area (Å²) in [4.78, 5) is 29.2. The minimum atomic E-state index is -0.273. The van der Waals surface area contributed by atoms with Gasteiger partial charge in [0.05, 0.1) is 43.3 Å². The van der Waals surface area contributed by atoms with E-state index in [1.807, 2.05) is 66.7 Å². The molecule has 0 saturated carbocycles. The first-order chi connectivity index (χ1) is 16.6. The molecule has 2 heterocycles. The number of nitrogens with zero attached hydrogens (tertiary/aromatic N) is 3. The van der Waals surface area contributed by atoms with Gasteiger partial charge in [-0.25, -0.2) is 0 Å². The van der Waals surface area contributed by atoms with Crippen molar-refractivity contribution in [1.29, 1.82) is 5.26 Å². The van der Waals surface area contributed by atoms with E-state index in [1.165, 1.54) is 0 Å². The Hall–Kier alpha value is -3.95. The number of fused-ring (bicyclic) bond motifs is 1. The molecule has 0 aliphatic carbocycles. The normalized spacial score (nSPS) is 21.4. The monoisotopic (exact) mass is 451 g/mol. The topological polar surface area (TPSA) is 84.6 Å². The lowest BCUT2D eigenvalue weighted by atomic mass is 9.73. The molecule has 6 heteroatoms. The van der Waals surface area contributed by atoms with Crippen molar-refractivity contribution in [2.45, 2.75) is 24.4 Å². The largest absolute Gasteiger partial charge is 0.394 e. The molecule has 5 rings (SSSR count). The molecular weight excluding hydrogens is 426 g/mol. The molecule has 2 aliphatic heterocycles. The van der Waals surface area contributed by atoms with Crippen LogP contribution in [0, 0.1) is 11.3 Å². The lowest BCUT2D eigenvalue weighted by Crippen LogP contribution is -2.73. The molecular formula is C28H25N3O3. The van der Waals surface area contributed by atoms with Gasteiger partial charge < -0.3 is 14.9 Å². The van der Waals surface area contributed by atoms with Gasteiger partial charge in [-0.05, 0) is 34.4 Å². The van der Waals surface area contributed by atoms with E-state index in [9.17, 15) is 14.7 Å². The molecule has 0 aromatic heterocycles. The number of amides is 2. The van der Waals surface area contributed by atoms with E-state index in [1.54, 1.807) is 21.9 Å². The Morgan fingerprint density at radius 3 is 2.24 bits per heavy atom. The number of rotatable bonds is 5. The van der Waals surface area contributed by atoms with Crippen LogP contribution in [0.3, 0.4) is 0 Å². The van der Waals surface area contributed by atoms with Crippen LogP contribution in [0.15, 0.2) is 78.9 Å². The molecule has 6 nitrogen and oxygen atoms in total. The summed E-state index contributed by atoms with van der Waals surface area (Å²) >= 11 is 0. The van der Waals surface area contributed by atoms with Gasteiger partial charge in [0.15, 0.2) is 0 Å². The van der Waals surface area contributed by atoms with Crippen molar-refractivity contribution in [3.8, 4) is 17.2 Å². The van der Waals surface area contributed by atoms with E-state index in [4.69, 9.17) is 5.26 Å². The third kappa shape index (κ3) is 3.95. The highest BCUT2D eigenvalue weighted by Crippen LogP contribution is 2.43. The molecule has 0 bridgehead atoms. The molecule has 1 N–H and O–H groups in total. The zero-order chi connectivity index (χ0) is 23.7. The molecule has 3 aromatic carbocycles. The van der Waals surface area contributed by atoms with Gasteiger partial charge in [0, 0.05) is 12.5 Å². The highest BCUT2D eigenvalue weighted by Gasteiger charge is 2.54. The SMILES string of the molecule is N#Cc1ccc(-c2ccc([C@@H]3[C@H](CO)N4C(=O)CN(C(=O)Cc5ccccc5)C[C@@H]34)cc2)cc1. The maximum absolute atomic E-state index is 12.9. The van der Waals surface area contributed by atoms with Crippen molar-refractivity contribution in [2.24, 2.45) is 0 Å². The lowest BCUT2D eigenvalue weighted by molar-refractivity contribution is -0.166. The molecule has 3 atom stereocenters. The van der Waals surface area contributed by atoms with Gasteiger partial charge in [0.2, 0.25) is 11.8 Å². The Kier molecular flexibility index (Phi) is 5.87. The fraction of sp³-hybridized carbons (Fsp3) is 0.250. The first-order valence-electron chi connectivity index (χ1n) is 11.4. The van der Waals surface area contributed by atoms with Crippen LogP contribution in [0.1, 0.15) is 22.6 Å². The summed E-state index contributed by atoms with van der Waals surface area (Å²) in [5.74, 6) is -0.194. The number of benzene rings is 3. The summed E-state index contributed by atoms with van der Waals surface area (Å²) in [6, 6.07) is 26.8. The van der Waals surface area contributed by atoms with E-state index < -0.39 is 0 Å². The van der Waals surface area contributed by atoms with Gasteiger partial charge in [0.25, 0.3) is 0 Å². The van der Waals surface area contributed by atoms with Crippen LogP contribution < -0.4 is 0 Å². The van der Waals surface area contributed by atoms with Crippen LogP contribution in [-0.4, -0.2) is 58.5 Å². The number of hydrogen-bond donors (Lipinski definition) is 1. The smallest absolute Gasteiger partial charge is 0.242 e. The Balaban J connectivity index is 1.34. The third-order valence-electron chi connectivity index (χ3n) is 6.95. The fourth-order valence-corrected chi connectivity index (χ4v) is 5.21. The Bertz CT molecular complexity index is 1230. The summed E-state index contributed by atoms with van der Waals surface area (Å²) in [7, 11) is 0. The van der Waals surface area contributed by atoms with Crippen molar-refractivity contribution in [3.05, 3.63) is 95.6 Å². The second kappa shape index (κ2) is 9.12. The van der Waals surface area contributed by atoms with Crippen LogP contribution >= 0.6 is 0 Å². The summed E-state index contributed by atoms with van der Waals surface area (Å²) in [6.45, 7) is 0.418. The number of hydrogen-bond acceptors (Lipinski definition) is 4. The van der Waals surface area contributed by atoms with Gasteiger partial charge in [-0.1, -0.05) is 66.7 Å². The summed E-state index contributed by atoms with van der Waals surface area (Å²) in [5.41, 5.74) is 4.64. The molecule has 170 valence electrons. The standard InChI is InChI=1S/C28H25N3O3/c29-15-20-6-8-21(9-7-20)22-10-12-23(13-11-22)28-24-16-30(17-27(34)31(24)25(28)18-32)26(33)14-19-4-2-1-3-5-19/h1-13,24-25,28,32H,14,16-18H2/t24-,25-,28-/m0/s1. The molecule has 2 saturated heterocycles. The number of nitriles is 1. The summed E-state index contributed by atoms with van der Waals surface area (Å²) in [5, 5.41) is 19.0. The van der Waals surface area contributed by atoms with E-state index in [0.717, 1.165) is 22.3 Å². The molecule has 2 amide bonds. The summed E-state index contributed by atoms with van der Waals surface area (Å²) < 4.78 is 0. The zero-order valence-electron chi connectivity index (χ0n) is 18.7. The number of aliphatic hydroxyl groups is 1. The highest BCUT2D eigenvalue weighted by molar-refractivity contribution is 5.88. The quantitative estimate of drug-likeness (QED) is 0.646. The second-order valence-electron chi connectivity index (χ2n) is 8.89. The predicted octanol–water partition coefficient (Wildman–Crippen LogP) is 2.97. The number of carbonyl (C=O) groups is 2. The van der Waals surface area contributed by atoms with Crippen LogP contribution in [0.2, 0.25) is 0 Å². The maximum atomic E-state index is 12.9. The number of aliphatic hydroxyl groups excluding tert-OH is 1. The minimum absolute atomic E-state index is 0.0312. The number of carbonyl (C=O) groups excluding carboxylic acids is 2. The molecule has 3 aromatic rings. The Morgan fingerprint density at radius 2 is 1.62 bits per heavy atom. The van der Waals surface area contributed by atoms with Gasteiger partial charge in [-0.2, -0.15) is 5.26 Å². The predicted molar refractivity (Wildman–Crippen MR) is 128 cm³/mol. The van der Waals surface area contributed by atoms with Gasteiger partial charge in [-0.3, -0.25) is 9.59 Å². The highest BCUT2D eigenvalue weighted by atomic mass is 16.3. The van der Waals surface area contributed by atoms with Gasteiger partial charge >= 0.3 is 0 Å². The second-order valence-corrected chi connectivity index (χ2v) is 8.89. The number of piperazine rings is 1. The molecule has 0 spiro atoms. The van der Waals surface area contributed by atoms with Crippen molar-refractivity contribution >= 4 is 11.8 Å². The zero-order valence-corrected chi connectivity index (χ0v) is 18.7. The van der Waals surface area contributed by atoms with Crippen LogP contribution in [0.25, 0.3) is 11.1 Å². The average Bonchev–Trinajstić information content (AvgIpc) is 2.86. The van der Waals surface area contributed by atoms with Crippen molar-refractivity contribution < 1.29 is 14.7 Å². The summed E-state index contributed by atoms with van der Waals surface area (Å²) in [6.07, 6.45) is 0.272. The van der Waals surface area contributed by atoms with Crippen LogP contribution in [-0.2, 0) is 16.0 Å². The average molecular weight is 452 g/mol. The van der Waals surface area contributed by atoms with Crippen molar-refractivity contribution in [2.75, 3.05) is 19.7 Å². The van der Waals surface area contributed by atoms with E-state index in [0.29, 0.717) is 12.1 Å². The van der Waals surface area contributed by atoms with Crippen molar-refractivity contribution in [1.82, 2.24) is 9.80 Å². The van der Waals surface area contributed by atoms with Gasteiger partial charge in [-0.15, -0.1) is 0 Å². The molecule has 0 radical (unpaired) electrons. The van der Waals surface area contributed by atoms with E-state index in [2.05, 4.69) is 6.07 Å². The van der Waals surface area contributed by atoms with E-state index >= 15 is 0 Å². The third-order valence-corrected chi connectivity index (χ3v) is 6.95. The maximum Gasteiger partial charge on any atom is 0.242 e. The van der Waals surface area contributed by atoms with Gasteiger partial charge in [0.1, 0.15) is 0 Å². The molecule has 34 heavy (non-hydrogen) atoms. The molecule has 2 fully saturated rings. The Labute approximate surface area is 198 Å². The molecule has 0 unspecified atom stereocenters. The lowest BCUT2D eigenvalue weighted by Gasteiger charge is -2.58. The first-order valence-corrected chi connectivity index (χ1v) is 11.4. The first kappa shape index (κ1) is 21.9. The van der Waals surface area contributed by atoms with E-state index in [-0.39, 0.29) is 49.4 Å². The fourth-order valence-electron chi connectivity index (χ4n) is 5.21. The minimum Gasteiger partial charge on any atom is -0.394 e. The Morgan fingerprint density at radius 1 is 0.971 bits per heavy atom.